The molecule has 0 saturated heterocycles. The zero-order chi connectivity index (χ0) is 14.5. The first-order chi connectivity index (χ1) is 8.63. The van der Waals surface area contributed by atoms with Gasteiger partial charge < -0.3 is 10.3 Å². The third kappa shape index (κ3) is 2.10. The normalized spacial score (nSPS) is 12.3. The Hall–Kier alpha value is -1.89. The molecule has 0 atom stereocenters. The number of aryl methyl sites for hydroxylation is 3. The molecule has 7 nitrogen and oxygen atoms in total. The van der Waals surface area contributed by atoms with E-state index >= 15 is 0 Å². The lowest BCUT2D eigenvalue weighted by Crippen LogP contribution is -2.47. The predicted molar refractivity (Wildman–Crippen MR) is 73.2 cm³/mol. The fourth-order valence-electron chi connectivity index (χ4n) is 2.10. The lowest BCUT2D eigenvalue weighted by Gasteiger charge is -2.19. The van der Waals surface area contributed by atoms with Gasteiger partial charge in [-0.3, -0.25) is 13.9 Å². The summed E-state index contributed by atoms with van der Waals surface area (Å²) in [7, 11) is 3.37. The fraction of sp³-hybridized carbons (Fsp3) is 0.583. The van der Waals surface area contributed by atoms with Gasteiger partial charge in [-0.1, -0.05) is 0 Å². The van der Waals surface area contributed by atoms with Crippen LogP contribution in [0, 0.1) is 6.92 Å². The van der Waals surface area contributed by atoms with E-state index in [-0.39, 0.29) is 12.1 Å². The van der Waals surface area contributed by atoms with Crippen molar-refractivity contribution < 1.29 is 0 Å². The van der Waals surface area contributed by atoms with Crippen LogP contribution in [-0.4, -0.2) is 24.2 Å². The van der Waals surface area contributed by atoms with Crippen LogP contribution < -0.4 is 17.0 Å². The second-order valence-electron chi connectivity index (χ2n) is 5.61. The largest absolute Gasteiger partial charge is 0.332 e. The molecule has 7 heteroatoms. The molecule has 0 fully saturated rings. The van der Waals surface area contributed by atoms with Crippen LogP contribution >= 0.6 is 0 Å². The summed E-state index contributed by atoms with van der Waals surface area (Å²) in [6, 6.07) is 0. The molecule has 0 saturated carbocycles. The van der Waals surface area contributed by atoms with Gasteiger partial charge in [0.25, 0.3) is 5.56 Å². The molecule has 2 aromatic heterocycles. The third-order valence-electron chi connectivity index (χ3n) is 3.15. The minimum atomic E-state index is -0.642. The molecule has 2 heterocycles. The second kappa shape index (κ2) is 4.06. The summed E-state index contributed by atoms with van der Waals surface area (Å²) in [6.45, 7) is 5.51. The first-order valence-electron chi connectivity index (χ1n) is 6.05. The fourth-order valence-corrected chi connectivity index (χ4v) is 2.10. The van der Waals surface area contributed by atoms with Crippen LogP contribution in [-0.2, 0) is 20.6 Å². The minimum absolute atomic E-state index is 0.165. The summed E-state index contributed by atoms with van der Waals surface area (Å²) >= 11 is 0. The van der Waals surface area contributed by atoms with Crippen molar-refractivity contribution in [3.05, 3.63) is 26.7 Å². The van der Waals surface area contributed by atoms with Gasteiger partial charge in [0.05, 0.1) is 0 Å². The third-order valence-corrected chi connectivity index (χ3v) is 3.15. The highest BCUT2D eigenvalue weighted by molar-refractivity contribution is 5.70. The summed E-state index contributed by atoms with van der Waals surface area (Å²) in [5, 5.41) is 0. The van der Waals surface area contributed by atoms with E-state index in [1.807, 2.05) is 0 Å². The van der Waals surface area contributed by atoms with Gasteiger partial charge in [-0.15, -0.1) is 0 Å². The van der Waals surface area contributed by atoms with E-state index in [0.717, 1.165) is 0 Å². The SMILES string of the molecule is Cc1nc2c(c(=O)n(CC(C)(C)N)c(=O)n2C)n1C. The number of hydrogen-bond acceptors (Lipinski definition) is 4. The number of rotatable bonds is 2. The molecular weight excluding hydrogens is 246 g/mol. The predicted octanol–water partition coefficient (Wildman–Crippen LogP) is -0.521. The maximum absolute atomic E-state index is 12.4. The Kier molecular flexibility index (Phi) is 2.89. The van der Waals surface area contributed by atoms with E-state index in [1.165, 1.54) is 9.13 Å². The molecule has 0 aromatic carbocycles. The van der Waals surface area contributed by atoms with Crippen LogP contribution in [0.15, 0.2) is 9.59 Å². The molecule has 0 aliphatic rings. The van der Waals surface area contributed by atoms with Crippen molar-refractivity contribution in [2.75, 3.05) is 0 Å². The average molecular weight is 265 g/mol. The van der Waals surface area contributed by atoms with Crippen molar-refractivity contribution >= 4 is 11.2 Å². The Bertz CT molecular complexity index is 757. The van der Waals surface area contributed by atoms with Crippen molar-refractivity contribution in [3.8, 4) is 0 Å². The van der Waals surface area contributed by atoms with Gasteiger partial charge in [0.15, 0.2) is 11.2 Å². The number of nitrogens with zero attached hydrogens (tertiary/aromatic N) is 4. The number of aromatic nitrogens is 4. The van der Waals surface area contributed by atoms with Crippen molar-refractivity contribution in [3.63, 3.8) is 0 Å². The van der Waals surface area contributed by atoms with E-state index < -0.39 is 11.2 Å². The molecule has 0 aliphatic carbocycles. The highest BCUT2D eigenvalue weighted by atomic mass is 16.2. The monoisotopic (exact) mass is 265 g/mol. The number of hydrogen-bond donors (Lipinski definition) is 1. The first-order valence-corrected chi connectivity index (χ1v) is 6.05. The van der Waals surface area contributed by atoms with Crippen LogP contribution in [0.1, 0.15) is 19.7 Å². The van der Waals surface area contributed by atoms with Gasteiger partial charge in [-0.2, -0.15) is 0 Å². The zero-order valence-electron chi connectivity index (χ0n) is 11.9. The highest BCUT2D eigenvalue weighted by Crippen LogP contribution is 2.08. The van der Waals surface area contributed by atoms with E-state index in [9.17, 15) is 9.59 Å². The van der Waals surface area contributed by atoms with E-state index in [1.54, 1.807) is 39.4 Å². The van der Waals surface area contributed by atoms with Gasteiger partial charge in [0.1, 0.15) is 5.82 Å². The Labute approximate surface area is 110 Å². The second-order valence-corrected chi connectivity index (χ2v) is 5.61. The highest BCUT2D eigenvalue weighted by Gasteiger charge is 2.20. The number of nitrogens with two attached hydrogens (primary N) is 1. The van der Waals surface area contributed by atoms with Crippen LogP contribution in [0.5, 0.6) is 0 Å². The minimum Gasteiger partial charge on any atom is -0.325 e. The maximum Gasteiger partial charge on any atom is 0.332 e. The summed E-state index contributed by atoms with van der Waals surface area (Å²) in [5.74, 6) is 0.687. The lowest BCUT2D eigenvalue weighted by molar-refractivity contribution is 0.411. The molecule has 0 bridgehead atoms. The molecule has 0 unspecified atom stereocenters. The molecule has 2 aromatic rings. The topological polar surface area (TPSA) is 87.8 Å². The standard InChI is InChI=1S/C12H19N5O2/c1-7-14-9-8(15(7)4)10(18)17(6-12(2,3)13)11(19)16(9)5/h6,13H2,1-5H3. The molecular formula is C12H19N5O2. The summed E-state index contributed by atoms with van der Waals surface area (Å²) in [6.07, 6.45) is 0. The molecule has 0 spiro atoms. The maximum atomic E-state index is 12.4. The molecule has 2 rings (SSSR count). The van der Waals surface area contributed by atoms with Crippen LogP contribution in [0.4, 0.5) is 0 Å². The Morgan fingerprint density at radius 2 is 1.79 bits per heavy atom. The van der Waals surface area contributed by atoms with Gasteiger partial charge >= 0.3 is 5.69 Å². The van der Waals surface area contributed by atoms with Crippen LogP contribution in [0.25, 0.3) is 11.2 Å². The molecule has 2 N–H and O–H groups in total. The van der Waals surface area contributed by atoms with Crippen molar-refractivity contribution in [1.82, 2.24) is 18.7 Å². The van der Waals surface area contributed by atoms with E-state index in [0.29, 0.717) is 17.0 Å². The number of fused-ring (bicyclic) bond motifs is 1. The Morgan fingerprint density at radius 3 is 2.32 bits per heavy atom. The smallest absolute Gasteiger partial charge is 0.325 e. The zero-order valence-corrected chi connectivity index (χ0v) is 11.9. The van der Waals surface area contributed by atoms with E-state index in [2.05, 4.69) is 4.98 Å². The van der Waals surface area contributed by atoms with Crippen molar-refractivity contribution in [2.24, 2.45) is 19.8 Å². The first kappa shape index (κ1) is 13.5. The van der Waals surface area contributed by atoms with E-state index in [4.69, 9.17) is 5.73 Å². The Balaban J connectivity index is 2.91. The molecule has 19 heavy (non-hydrogen) atoms. The van der Waals surface area contributed by atoms with Crippen molar-refractivity contribution in [2.45, 2.75) is 32.9 Å². The number of imidazole rings is 1. The molecule has 104 valence electrons. The quantitative estimate of drug-likeness (QED) is 0.791. The molecule has 0 radical (unpaired) electrons. The summed E-state index contributed by atoms with van der Waals surface area (Å²) in [4.78, 5) is 28.9. The Morgan fingerprint density at radius 1 is 1.21 bits per heavy atom. The summed E-state index contributed by atoms with van der Waals surface area (Å²) in [5.41, 5.74) is 5.35. The lowest BCUT2D eigenvalue weighted by atomic mass is 10.1. The summed E-state index contributed by atoms with van der Waals surface area (Å²) < 4.78 is 4.25. The van der Waals surface area contributed by atoms with Gasteiger partial charge in [-0.05, 0) is 20.8 Å². The van der Waals surface area contributed by atoms with Gasteiger partial charge in [0.2, 0.25) is 0 Å². The van der Waals surface area contributed by atoms with Crippen molar-refractivity contribution in [1.29, 1.82) is 0 Å². The molecule has 0 aliphatic heterocycles. The van der Waals surface area contributed by atoms with Gasteiger partial charge in [-0.25, -0.2) is 9.78 Å². The molecule has 0 amide bonds. The van der Waals surface area contributed by atoms with Gasteiger partial charge in [0, 0.05) is 26.2 Å². The average Bonchev–Trinajstić information content (AvgIpc) is 2.58. The van der Waals surface area contributed by atoms with Crippen LogP contribution in [0.3, 0.4) is 0 Å². The van der Waals surface area contributed by atoms with Crippen LogP contribution in [0.2, 0.25) is 0 Å².